The minimum atomic E-state index is -0.0347. The van der Waals surface area contributed by atoms with Gasteiger partial charge in [-0.2, -0.15) is 5.10 Å². The molecule has 1 aliphatic rings. The zero-order valence-corrected chi connectivity index (χ0v) is 16.8. The lowest BCUT2D eigenvalue weighted by Crippen LogP contribution is -2.49. The topological polar surface area (TPSA) is 90.2 Å². The number of hydroxylamine groups is 1. The number of nitrogens with one attached hydrogen (secondary N) is 1. The first-order valence-electron chi connectivity index (χ1n) is 9.68. The first kappa shape index (κ1) is 21.2. The SMILES string of the molecule is CNO.O=C/C=C/c1ccccc1N1CCN(C(=O)c2cc3ccccn3n2)CC1. The van der Waals surface area contributed by atoms with E-state index in [4.69, 9.17) is 5.21 Å². The number of rotatable bonds is 4. The van der Waals surface area contributed by atoms with Crippen molar-refractivity contribution < 1.29 is 14.8 Å². The Morgan fingerprint density at radius 3 is 2.50 bits per heavy atom. The molecule has 30 heavy (non-hydrogen) atoms. The first-order chi connectivity index (χ1) is 14.7. The highest BCUT2D eigenvalue weighted by atomic mass is 16.5. The monoisotopic (exact) mass is 407 g/mol. The number of fused-ring (bicyclic) bond motifs is 1. The molecule has 0 radical (unpaired) electrons. The largest absolute Gasteiger partial charge is 0.367 e. The van der Waals surface area contributed by atoms with E-state index in [1.807, 2.05) is 65.7 Å². The third-order valence-electron chi connectivity index (χ3n) is 4.79. The van der Waals surface area contributed by atoms with E-state index in [0.717, 1.165) is 36.1 Å². The zero-order valence-electron chi connectivity index (χ0n) is 16.8. The van der Waals surface area contributed by atoms with Gasteiger partial charge in [-0.3, -0.25) is 9.59 Å². The molecule has 0 saturated carbocycles. The Morgan fingerprint density at radius 2 is 1.80 bits per heavy atom. The number of pyridine rings is 1. The molecule has 8 heteroatoms. The number of hydrogen-bond acceptors (Lipinski definition) is 6. The Labute approximate surface area is 175 Å². The van der Waals surface area contributed by atoms with E-state index in [9.17, 15) is 9.59 Å². The van der Waals surface area contributed by atoms with Gasteiger partial charge in [-0.1, -0.05) is 24.3 Å². The van der Waals surface area contributed by atoms with Crippen LogP contribution in [0.15, 0.2) is 60.8 Å². The highest BCUT2D eigenvalue weighted by molar-refractivity contribution is 5.93. The van der Waals surface area contributed by atoms with E-state index in [0.29, 0.717) is 18.8 Å². The normalized spacial score (nSPS) is 13.9. The van der Waals surface area contributed by atoms with Crippen LogP contribution in [-0.2, 0) is 4.79 Å². The quantitative estimate of drug-likeness (QED) is 0.391. The fraction of sp³-hybridized carbons (Fsp3) is 0.227. The average molecular weight is 407 g/mol. The second kappa shape index (κ2) is 10.3. The Bertz CT molecular complexity index is 989. The Hall–Kier alpha value is -3.49. The van der Waals surface area contributed by atoms with Gasteiger partial charge >= 0.3 is 0 Å². The van der Waals surface area contributed by atoms with Crippen molar-refractivity contribution in [3.63, 3.8) is 0 Å². The van der Waals surface area contributed by atoms with Crippen molar-refractivity contribution in [3.05, 3.63) is 72.1 Å². The molecule has 1 saturated heterocycles. The third-order valence-corrected chi connectivity index (χ3v) is 4.79. The van der Waals surface area contributed by atoms with Crippen LogP contribution < -0.4 is 10.4 Å². The smallest absolute Gasteiger partial charge is 0.274 e. The maximum atomic E-state index is 12.8. The first-order valence-corrected chi connectivity index (χ1v) is 9.68. The summed E-state index contributed by atoms with van der Waals surface area (Å²) in [5.41, 5.74) is 5.22. The van der Waals surface area contributed by atoms with Crippen LogP contribution in [0.2, 0.25) is 0 Å². The average Bonchev–Trinajstić information content (AvgIpc) is 3.22. The molecule has 3 heterocycles. The summed E-state index contributed by atoms with van der Waals surface area (Å²) >= 11 is 0. The van der Waals surface area contributed by atoms with E-state index in [2.05, 4.69) is 10.00 Å². The van der Waals surface area contributed by atoms with Crippen molar-refractivity contribution in [2.24, 2.45) is 0 Å². The van der Waals surface area contributed by atoms with Crippen molar-refractivity contribution in [1.82, 2.24) is 20.0 Å². The number of carbonyl (C=O) groups excluding carboxylic acids is 2. The molecule has 2 aromatic heterocycles. The van der Waals surface area contributed by atoms with Crippen LogP contribution in [0.1, 0.15) is 16.1 Å². The lowest BCUT2D eigenvalue weighted by atomic mass is 10.1. The number of para-hydroxylation sites is 1. The van der Waals surface area contributed by atoms with E-state index in [1.54, 1.807) is 10.00 Å². The highest BCUT2D eigenvalue weighted by Crippen LogP contribution is 2.23. The molecule has 1 fully saturated rings. The molecule has 8 nitrogen and oxygen atoms in total. The van der Waals surface area contributed by atoms with Crippen LogP contribution in [0.5, 0.6) is 0 Å². The van der Waals surface area contributed by atoms with Gasteiger partial charge in [-0.05, 0) is 42.0 Å². The standard InChI is InChI=1S/C21H20N4O2.CH5NO/c26-15-5-7-17-6-1-2-9-20(17)23-11-13-24(14-12-23)21(27)19-16-18-8-3-4-10-25(18)22-19;1-2-3/h1-10,15-16H,11-14H2;2-3H,1H3/b7-5+;. The summed E-state index contributed by atoms with van der Waals surface area (Å²) in [4.78, 5) is 27.5. The zero-order chi connectivity index (χ0) is 21.3. The molecule has 3 aromatic rings. The van der Waals surface area contributed by atoms with Crippen molar-refractivity contribution in [3.8, 4) is 0 Å². The van der Waals surface area contributed by atoms with Crippen molar-refractivity contribution in [2.45, 2.75) is 0 Å². The van der Waals surface area contributed by atoms with E-state index in [1.165, 1.54) is 13.1 Å². The number of carbonyl (C=O) groups is 2. The maximum absolute atomic E-state index is 12.8. The molecule has 2 N–H and O–H groups in total. The van der Waals surface area contributed by atoms with Gasteiger partial charge in [0.15, 0.2) is 5.69 Å². The molecule has 1 amide bonds. The van der Waals surface area contributed by atoms with Crippen LogP contribution in [0.3, 0.4) is 0 Å². The number of anilines is 1. The van der Waals surface area contributed by atoms with Crippen LogP contribution in [0, 0.1) is 0 Å². The van der Waals surface area contributed by atoms with E-state index >= 15 is 0 Å². The second-order valence-electron chi connectivity index (χ2n) is 6.66. The molecule has 0 aliphatic carbocycles. The Kier molecular flexibility index (Phi) is 7.31. The second-order valence-corrected chi connectivity index (χ2v) is 6.66. The van der Waals surface area contributed by atoms with Gasteiger partial charge in [0.25, 0.3) is 5.91 Å². The molecular formula is C22H25N5O3. The lowest BCUT2D eigenvalue weighted by Gasteiger charge is -2.36. The number of hydrogen-bond donors (Lipinski definition) is 2. The van der Waals surface area contributed by atoms with Crippen molar-refractivity contribution in [2.75, 3.05) is 38.1 Å². The summed E-state index contributed by atoms with van der Waals surface area (Å²) in [5, 5.41) is 11.7. The van der Waals surface area contributed by atoms with E-state index < -0.39 is 0 Å². The fourth-order valence-corrected chi connectivity index (χ4v) is 3.41. The lowest BCUT2D eigenvalue weighted by molar-refractivity contribution is -0.104. The van der Waals surface area contributed by atoms with Gasteiger partial charge in [-0.15, -0.1) is 0 Å². The number of nitrogens with zero attached hydrogens (tertiary/aromatic N) is 4. The van der Waals surface area contributed by atoms with Crippen molar-refractivity contribution >= 4 is 29.5 Å². The summed E-state index contributed by atoms with van der Waals surface area (Å²) in [7, 11) is 1.43. The third kappa shape index (κ3) is 4.91. The minimum absolute atomic E-state index is 0.0347. The number of benzene rings is 1. The number of aromatic nitrogens is 2. The summed E-state index contributed by atoms with van der Waals surface area (Å²) in [6.45, 7) is 2.76. The van der Waals surface area contributed by atoms with Gasteiger partial charge in [0.1, 0.15) is 6.29 Å². The number of piperazine rings is 1. The summed E-state index contributed by atoms with van der Waals surface area (Å²) in [6, 6.07) is 15.6. The predicted octanol–water partition coefficient (Wildman–Crippen LogP) is 2.10. The molecule has 156 valence electrons. The van der Waals surface area contributed by atoms with Crippen LogP contribution in [0.25, 0.3) is 11.6 Å². The maximum Gasteiger partial charge on any atom is 0.274 e. The molecule has 1 aliphatic heterocycles. The molecule has 0 atom stereocenters. The van der Waals surface area contributed by atoms with Gasteiger partial charge in [0.05, 0.1) is 5.52 Å². The highest BCUT2D eigenvalue weighted by Gasteiger charge is 2.24. The molecule has 1 aromatic carbocycles. The number of allylic oxidation sites excluding steroid dienone is 1. The molecule has 0 spiro atoms. The van der Waals surface area contributed by atoms with Crippen LogP contribution in [-0.4, -0.2) is 65.1 Å². The summed E-state index contributed by atoms with van der Waals surface area (Å²) in [6.07, 6.45) is 5.94. The van der Waals surface area contributed by atoms with Gasteiger partial charge in [-0.25, -0.2) is 10.00 Å². The van der Waals surface area contributed by atoms with Crippen LogP contribution in [0.4, 0.5) is 5.69 Å². The van der Waals surface area contributed by atoms with Crippen molar-refractivity contribution in [1.29, 1.82) is 0 Å². The van der Waals surface area contributed by atoms with Gasteiger partial charge < -0.3 is 15.0 Å². The predicted molar refractivity (Wildman–Crippen MR) is 116 cm³/mol. The Morgan fingerprint density at radius 1 is 1.10 bits per heavy atom. The van der Waals surface area contributed by atoms with Gasteiger partial charge in [0.2, 0.25) is 0 Å². The number of amides is 1. The molecule has 0 unspecified atom stereocenters. The van der Waals surface area contributed by atoms with Gasteiger partial charge in [0, 0.05) is 45.1 Å². The summed E-state index contributed by atoms with van der Waals surface area (Å²) in [5.74, 6) is -0.0347. The molecule has 0 bridgehead atoms. The number of aldehydes is 1. The summed E-state index contributed by atoms with van der Waals surface area (Å²) < 4.78 is 1.72. The van der Waals surface area contributed by atoms with E-state index in [-0.39, 0.29) is 5.91 Å². The molecule has 4 rings (SSSR count). The minimum Gasteiger partial charge on any atom is -0.367 e. The Balaban J connectivity index is 0.000000806. The van der Waals surface area contributed by atoms with Crippen LogP contribution >= 0.6 is 0 Å². The fourth-order valence-electron chi connectivity index (χ4n) is 3.41. The molecular weight excluding hydrogens is 382 g/mol.